The molecule has 4 aromatic rings. The molecule has 5 rings (SSSR count). The van der Waals surface area contributed by atoms with E-state index in [-0.39, 0.29) is 5.91 Å². The van der Waals surface area contributed by atoms with E-state index in [9.17, 15) is 4.79 Å². The molecule has 0 saturated carbocycles. The number of amides is 1. The Balaban J connectivity index is 1.24. The summed E-state index contributed by atoms with van der Waals surface area (Å²) in [5, 5.41) is 6.88. The van der Waals surface area contributed by atoms with Crippen molar-refractivity contribution in [1.82, 2.24) is 24.6 Å². The van der Waals surface area contributed by atoms with E-state index >= 15 is 0 Å². The van der Waals surface area contributed by atoms with Gasteiger partial charge >= 0.3 is 0 Å². The molecular weight excluding hydrogens is 442 g/mol. The minimum Gasteiger partial charge on any atom is -0.337 e. The number of carbonyl (C=O) groups is 1. The molecule has 4 heterocycles. The van der Waals surface area contributed by atoms with Crippen LogP contribution in [0.5, 0.6) is 0 Å². The van der Waals surface area contributed by atoms with Gasteiger partial charge in [-0.2, -0.15) is 5.10 Å². The molecule has 0 aliphatic carbocycles. The van der Waals surface area contributed by atoms with Crippen LogP contribution in [-0.4, -0.2) is 56.7 Å². The fourth-order valence-corrected chi connectivity index (χ4v) is 4.89. The van der Waals surface area contributed by atoms with Crippen molar-refractivity contribution in [2.24, 2.45) is 0 Å². The molecule has 0 spiro atoms. The Morgan fingerprint density at radius 3 is 2.41 bits per heavy atom. The lowest BCUT2D eigenvalue weighted by atomic mass is 10.2. The molecular formula is C27H27N5OS. The summed E-state index contributed by atoms with van der Waals surface area (Å²) in [5.74, 6) is 0.0523. The molecule has 0 unspecified atom stereocenters. The van der Waals surface area contributed by atoms with Crippen molar-refractivity contribution in [2.45, 2.75) is 13.1 Å². The molecule has 1 aromatic carbocycles. The molecule has 7 heteroatoms. The maximum Gasteiger partial charge on any atom is 0.246 e. The first-order chi connectivity index (χ1) is 16.7. The van der Waals surface area contributed by atoms with E-state index in [0.29, 0.717) is 6.54 Å². The Kier molecular flexibility index (Phi) is 6.93. The molecule has 6 nitrogen and oxygen atoms in total. The summed E-state index contributed by atoms with van der Waals surface area (Å²) in [4.78, 5) is 22.4. The molecule has 0 bridgehead atoms. The third-order valence-corrected chi connectivity index (χ3v) is 6.85. The number of hydrogen-bond donors (Lipinski definition) is 0. The first kappa shape index (κ1) is 22.3. The number of benzene rings is 1. The molecule has 1 aliphatic rings. The minimum atomic E-state index is 0.0523. The quantitative estimate of drug-likeness (QED) is 0.376. The molecule has 1 amide bonds. The number of carbonyl (C=O) groups excluding carboxylic acids is 1. The number of piperazine rings is 1. The second-order valence-electron chi connectivity index (χ2n) is 8.38. The lowest BCUT2D eigenvalue weighted by molar-refractivity contribution is -0.127. The third kappa shape index (κ3) is 5.50. The first-order valence-electron chi connectivity index (χ1n) is 11.5. The van der Waals surface area contributed by atoms with Crippen LogP contribution in [0.2, 0.25) is 0 Å². The number of hydrogen-bond acceptors (Lipinski definition) is 5. The Bertz CT molecular complexity index is 1230. The molecule has 0 atom stereocenters. The second kappa shape index (κ2) is 10.6. The first-order valence-corrected chi connectivity index (χ1v) is 12.4. The van der Waals surface area contributed by atoms with Crippen molar-refractivity contribution in [3.05, 3.63) is 101 Å². The topological polar surface area (TPSA) is 54.3 Å². The fourth-order valence-electron chi connectivity index (χ4n) is 4.15. The summed E-state index contributed by atoms with van der Waals surface area (Å²) in [6.07, 6.45) is 9.28. The summed E-state index contributed by atoms with van der Waals surface area (Å²) in [6, 6.07) is 18.5. The van der Waals surface area contributed by atoms with Crippen LogP contribution >= 0.6 is 11.3 Å². The SMILES string of the molecule is O=C(C=Cc1cn(Cc2ccccc2)nc1-c1cccs1)N1CCN(Cc2ccncc2)CC1. The van der Waals surface area contributed by atoms with Crippen LogP contribution in [0.25, 0.3) is 16.6 Å². The smallest absolute Gasteiger partial charge is 0.246 e. The summed E-state index contributed by atoms with van der Waals surface area (Å²) in [7, 11) is 0. The Morgan fingerprint density at radius 2 is 1.68 bits per heavy atom. The number of pyridine rings is 1. The van der Waals surface area contributed by atoms with E-state index in [0.717, 1.165) is 48.9 Å². The largest absolute Gasteiger partial charge is 0.337 e. The van der Waals surface area contributed by atoms with Gasteiger partial charge in [0, 0.05) is 63.0 Å². The van der Waals surface area contributed by atoms with E-state index in [1.807, 2.05) is 70.6 Å². The lowest BCUT2D eigenvalue weighted by Crippen LogP contribution is -2.47. The monoisotopic (exact) mass is 469 g/mol. The number of nitrogens with zero attached hydrogens (tertiary/aromatic N) is 5. The number of rotatable bonds is 7. The van der Waals surface area contributed by atoms with E-state index in [1.165, 1.54) is 11.1 Å². The lowest BCUT2D eigenvalue weighted by Gasteiger charge is -2.34. The average Bonchev–Trinajstić information content (AvgIpc) is 3.54. The van der Waals surface area contributed by atoms with Gasteiger partial charge in [-0.05, 0) is 40.8 Å². The summed E-state index contributed by atoms with van der Waals surface area (Å²) in [6.45, 7) is 4.80. The average molecular weight is 470 g/mol. The zero-order chi connectivity index (χ0) is 23.2. The molecule has 1 saturated heterocycles. The maximum absolute atomic E-state index is 12.9. The Morgan fingerprint density at radius 1 is 0.912 bits per heavy atom. The Hall–Kier alpha value is -3.55. The molecule has 1 aliphatic heterocycles. The van der Waals surface area contributed by atoms with Gasteiger partial charge in [0.25, 0.3) is 0 Å². The highest BCUT2D eigenvalue weighted by atomic mass is 32.1. The van der Waals surface area contributed by atoms with Crippen molar-refractivity contribution >= 4 is 23.3 Å². The molecule has 0 N–H and O–H groups in total. The zero-order valence-electron chi connectivity index (χ0n) is 19.0. The van der Waals surface area contributed by atoms with Crippen LogP contribution < -0.4 is 0 Å². The summed E-state index contributed by atoms with van der Waals surface area (Å²) < 4.78 is 1.95. The van der Waals surface area contributed by atoms with Crippen molar-refractivity contribution in [3.8, 4) is 10.6 Å². The molecule has 1 fully saturated rings. The van der Waals surface area contributed by atoms with Crippen LogP contribution in [0.3, 0.4) is 0 Å². The van der Waals surface area contributed by atoms with Gasteiger partial charge in [-0.1, -0.05) is 36.4 Å². The normalized spacial score (nSPS) is 14.6. The predicted molar refractivity (Wildman–Crippen MR) is 136 cm³/mol. The van der Waals surface area contributed by atoms with Gasteiger partial charge in [-0.15, -0.1) is 11.3 Å². The van der Waals surface area contributed by atoms with Gasteiger partial charge in [0.2, 0.25) is 5.91 Å². The Labute approximate surface area is 203 Å². The standard InChI is InChI=1S/C27H27N5OS/c33-26(31-16-14-30(15-17-31)19-23-10-12-28-13-11-23)9-8-24-21-32(20-22-5-2-1-3-6-22)29-27(24)25-7-4-18-34-25/h1-13,18,21H,14-17,19-20H2. The molecule has 34 heavy (non-hydrogen) atoms. The molecule has 0 radical (unpaired) electrons. The van der Waals surface area contributed by atoms with Crippen LogP contribution in [0, 0.1) is 0 Å². The number of aromatic nitrogens is 3. The maximum atomic E-state index is 12.9. The fraction of sp³-hybridized carbons (Fsp3) is 0.222. The van der Waals surface area contributed by atoms with E-state index in [2.05, 4.69) is 33.5 Å². The summed E-state index contributed by atoms with van der Waals surface area (Å²) in [5.41, 5.74) is 4.32. The molecule has 3 aromatic heterocycles. The highest BCUT2D eigenvalue weighted by Gasteiger charge is 2.20. The summed E-state index contributed by atoms with van der Waals surface area (Å²) >= 11 is 1.66. The van der Waals surface area contributed by atoms with Crippen LogP contribution in [0.4, 0.5) is 0 Å². The van der Waals surface area contributed by atoms with E-state index in [4.69, 9.17) is 5.10 Å². The van der Waals surface area contributed by atoms with Crippen LogP contribution in [0.1, 0.15) is 16.7 Å². The van der Waals surface area contributed by atoms with Crippen molar-refractivity contribution in [2.75, 3.05) is 26.2 Å². The zero-order valence-corrected chi connectivity index (χ0v) is 19.8. The van der Waals surface area contributed by atoms with Gasteiger partial charge in [0.05, 0.1) is 11.4 Å². The van der Waals surface area contributed by atoms with Gasteiger partial charge in [-0.3, -0.25) is 19.4 Å². The number of thiophene rings is 1. The third-order valence-electron chi connectivity index (χ3n) is 5.98. The van der Waals surface area contributed by atoms with Gasteiger partial charge in [0.1, 0.15) is 5.69 Å². The molecule has 172 valence electrons. The van der Waals surface area contributed by atoms with Crippen molar-refractivity contribution < 1.29 is 4.79 Å². The second-order valence-corrected chi connectivity index (χ2v) is 9.33. The van der Waals surface area contributed by atoms with Gasteiger partial charge in [-0.25, -0.2) is 0 Å². The van der Waals surface area contributed by atoms with Crippen molar-refractivity contribution in [3.63, 3.8) is 0 Å². The minimum absolute atomic E-state index is 0.0523. The van der Waals surface area contributed by atoms with Crippen LogP contribution in [0.15, 0.2) is 84.6 Å². The predicted octanol–water partition coefficient (Wildman–Crippen LogP) is 4.41. The highest BCUT2D eigenvalue weighted by Crippen LogP contribution is 2.28. The van der Waals surface area contributed by atoms with Crippen molar-refractivity contribution in [1.29, 1.82) is 0 Å². The highest BCUT2D eigenvalue weighted by molar-refractivity contribution is 7.13. The van der Waals surface area contributed by atoms with Gasteiger partial charge in [0.15, 0.2) is 0 Å². The van der Waals surface area contributed by atoms with E-state index < -0.39 is 0 Å². The van der Waals surface area contributed by atoms with E-state index in [1.54, 1.807) is 17.4 Å². The van der Waals surface area contributed by atoms with Crippen LogP contribution in [-0.2, 0) is 17.9 Å². The van der Waals surface area contributed by atoms with Gasteiger partial charge < -0.3 is 4.90 Å².